The molecule has 4 aromatic carbocycles. The summed E-state index contributed by atoms with van der Waals surface area (Å²) in [7, 11) is -1.23. The Balaban J connectivity index is 1.89. The summed E-state index contributed by atoms with van der Waals surface area (Å²) in [6.07, 6.45) is 5.66. The molecule has 0 fully saturated rings. The van der Waals surface area contributed by atoms with Crippen LogP contribution in [0.3, 0.4) is 0 Å². The third kappa shape index (κ3) is 7.14. The number of rotatable bonds is 12. The molecule has 43 heavy (non-hydrogen) atoms. The molecule has 0 spiro atoms. The smallest absolute Gasteiger partial charge is 0.276 e. The number of hydrogen-bond acceptors (Lipinski definition) is 8. The number of sulfone groups is 1. The molecule has 0 saturated heterocycles. The normalized spacial score (nSPS) is 13.1. The van der Waals surface area contributed by atoms with Crippen molar-refractivity contribution in [3.63, 3.8) is 0 Å². The minimum absolute atomic E-state index is 0.174. The van der Waals surface area contributed by atoms with E-state index in [0.29, 0.717) is 22.6 Å². The molecule has 0 heterocycles. The van der Waals surface area contributed by atoms with Crippen LogP contribution in [0.1, 0.15) is 32.8 Å². The molecule has 0 radical (unpaired) electrons. The first kappa shape index (κ1) is 30.7. The van der Waals surface area contributed by atoms with Gasteiger partial charge in [0.1, 0.15) is 22.0 Å². The van der Waals surface area contributed by atoms with Crippen molar-refractivity contribution in [1.82, 2.24) is 0 Å². The summed E-state index contributed by atoms with van der Waals surface area (Å²) < 4.78 is 39.7. The van der Waals surface area contributed by atoms with Crippen molar-refractivity contribution in [2.75, 3.05) is 14.2 Å². The molecule has 2 unspecified atom stereocenters. The van der Waals surface area contributed by atoms with Gasteiger partial charge in [-0.05, 0) is 47.5 Å². The van der Waals surface area contributed by atoms with Gasteiger partial charge in [0.2, 0.25) is 0 Å². The number of nitro benzene ring substituents is 2. The molecule has 0 bridgehead atoms. The van der Waals surface area contributed by atoms with Crippen LogP contribution in [-0.4, -0.2) is 32.5 Å². The van der Waals surface area contributed by atoms with Gasteiger partial charge in [0, 0.05) is 12.1 Å². The fraction of sp³-hybridized carbons (Fsp3) is 0.125. The molecule has 4 rings (SSSR count). The van der Waals surface area contributed by atoms with Gasteiger partial charge in [0.05, 0.1) is 35.2 Å². The van der Waals surface area contributed by atoms with E-state index < -0.39 is 30.2 Å². The first-order valence-corrected chi connectivity index (χ1v) is 14.6. The maximum Gasteiger partial charge on any atom is 0.276 e. The van der Waals surface area contributed by atoms with Gasteiger partial charge in [-0.2, -0.15) is 0 Å². The van der Waals surface area contributed by atoms with Crippen molar-refractivity contribution < 1.29 is 27.7 Å². The second-order valence-electron chi connectivity index (χ2n) is 9.33. The topological polar surface area (TPSA) is 139 Å². The molecule has 0 aliphatic heterocycles. The minimum atomic E-state index is -4.21. The molecule has 11 heteroatoms. The highest BCUT2D eigenvalue weighted by Crippen LogP contribution is 2.39. The summed E-state index contributed by atoms with van der Waals surface area (Å²) in [6, 6.07) is 25.0. The van der Waals surface area contributed by atoms with E-state index in [1.165, 1.54) is 74.9 Å². The van der Waals surface area contributed by atoms with E-state index in [2.05, 4.69) is 0 Å². The lowest BCUT2D eigenvalue weighted by atomic mass is 10.1. The van der Waals surface area contributed by atoms with E-state index in [9.17, 15) is 28.6 Å². The zero-order chi connectivity index (χ0) is 31.0. The summed E-state index contributed by atoms with van der Waals surface area (Å²) in [6.45, 7) is 0. The zero-order valence-electron chi connectivity index (χ0n) is 23.3. The molecular weight excluding hydrogens is 572 g/mol. The molecule has 0 amide bonds. The Bertz CT molecular complexity index is 1640. The molecule has 0 aromatic heterocycles. The number of methoxy groups -OCH3 is 2. The van der Waals surface area contributed by atoms with E-state index >= 15 is 0 Å². The largest absolute Gasteiger partial charge is 0.497 e. The van der Waals surface area contributed by atoms with Crippen molar-refractivity contribution in [2.45, 2.75) is 10.5 Å². The van der Waals surface area contributed by atoms with Gasteiger partial charge in [-0.25, -0.2) is 8.42 Å². The highest BCUT2D eigenvalue weighted by molar-refractivity contribution is 7.92. The van der Waals surface area contributed by atoms with Crippen molar-refractivity contribution in [3.8, 4) is 11.5 Å². The Hall–Kier alpha value is -5.29. The summed E-state index contributed by atoms with van der Waals surface area (Å²) in [5.74, 6) is 1.04. The van der Waals surface area contributed by atoms with Crippen LogP contribution in [0.4, 0.5) is 11.4 Å². The van der Waals surface area contributed by atoms with Crippen LogP contribution in [0.15, 0.2) is 109 Å². The number of ether oxygens (including phenoxy) is 2. The van der Waals surface area contributed by atoms with E-state index in [0.717, 1.165) is 0 Å². The molecule has 0 saturated carbocycles. The van der Waals surface area contributed by atoms with E-state index in [4.69, 9.17) is 9.47 Å². The average Bonchev–Trinajstić information content (AvgIpc) is 3.02. The molecule has 2 atom stereocenters. The molecule has 4 aromatic rings. The van der Waals surface area contributed by atoms with Crippen molar-refractivity contribution in [2.24, 2.45) is 0 Å². The number of nitro groups is 2. The summed E-state index contributed by atoms with van der Waals surface area (Å²) in [5.41, 5.74) is 0.914. The van der Waals surface area contributed by atoms with Crippen molar-refractivity contribution >= 4 is 33.4 Å². The SMILES string of the molecule is COc1ccc(C(/C=C/c2ccccc2[N+](=O)[O-])S(=O)(=O)C(/C=C/c2ccccc2[N+](=O)[O-])c2ccc(OC)cc2)cc1. The van der Waals surface area contributed by atoms with Crippen LogP contribution in [0.25, 0.3) is 12.2 Å². The maximum atomic E-state index is 14.6. The molecule has 0 N–H and O–H groups in total. The van der Waals surface area contributed by atoms with Crippen molar-refractivity contribution in [3.05, 3.63) is 152 Å². The minimum Gasteiger partial charge on any atom is -0.497 e. The van der Waals surface area contributed by atoms with Gasteiger partial charge in [0.15, 0.2) is 9.84 Å². The van der Waals surface area contributed by atoms with Gasteiger partial charge in [-0.1, -0.05) is 72.8 Å². The molecule has 0 aliphatic rings. The summed E-state index contributed by atoms with van der Waals surface area (Å²) >= 11 is 0. The predicted octanol–water partition coefficient (Wildman–Crippen LogP) is 7.14. The number of nitrogens with zero attached hydrogens (tertiary/aromatic N) is 2. The van der Waals surface area contributed by atoms with Crippen LogP contribution in [0, 0.1) is 20.2 Å². The summed E-state index contributed by atoms with van der Waals surface area (Å²) in [5, 5.41) is 20.7. The van der Waals surface area contributed by atoms with Crippen LogP contribution in [0.5, 0.6) is 11.5 Å². The lowest BCUT2D eigenvalue weighted by molar-refractivity contribution is -0.385. The number of hydrogen-bond donors (Lipinski definition) is 0. The van der Waals surface area contributed by atoms with Crippen LogP contribution >= 0.6 is 0 Å². The van der Waals surface area contributed by atoms with Crippen LogP contribution in [0.2, 0.25) is 0 Å². The van der Waals surface area contributed by atoms with E-state index in [1.807, 2.05) is 0 Å². The Morgan fingerprint density at radius 1 is 0.605 bits per heavy atom. The van der Waals surface area contributed by atoms with E-state index in [1.54, 1.807) is 60.7 Å². The maximum absolute atomic E-state index is 14.6. The highest BCUT2D eigenvalue weighted by atomic mass is 32.2. The van der Waals surface area contributed by atoms with Gasteiger partial charge in [-0.15, -0.1) is 0 Å². The second kappa shape index (κ2) is 13.6. The van der Waals surface area contributed by atoms with Gasteiger partial charge < -0.3 is 9.47 Å². The Morgan fingerprint density at radius 2 is 0.953 bits per heavy atom. The predicted molar refractivity (Wildman–Crippen MR) is 165 cm³/mol. The Kier molecular flexibility index (Phi) is 9.68. The van der Waals surface area contributed by atoms with Gasteiger partial charge in [0.25, 0.3) is 11.4 Å². The Labute approximate surface area is 248 Å². The highest BCUT2D eigenvalue weighted by Gasteiger charge is 2.34. The zero-order valence-corrected chi connectivity index (χ0v) is 24.1. The van der Waals surface area contributed by atoms with Crippen LogP contribution < -0.4 is 9.47 Å². The van der Waals surface area contributed by atoms with Crippen LogP contribution in [-0.2, 0) is 9.84 Å². The average molecular weight is 601 g/mol. The fourth-order valence-electron chi connectivity index (χ4n) is 4.54. The fourth-order valence-corrected chi connectivity index (χ4v) is 6.52. The molecule has 220 valence electrons. The number of para-hydroxylation sites is 2. The van der Waals surface area contributed by atoms with E-state index in [-0.39, 0.29) is 22.5 Å². The van der Waals surface area contributed by atoms with Gasteiger partial charge in [-0.3, -0.25) is 20.2 Å². The first-order valence-electron chi connectivity index (χ1n) is 13.0. The third-order valence-corrected chi connectivity index (χ3v) is 9.04. The molecule has 10 nitrogen and oxygen atoms in total. The third-order valence-electron chi connectivity index (χ3n) is 6.76. The molecular formula is C32H28N2O8S. The lowest BCUT2D eigenvalue weighted by Gasteiger charge is -2.22. The monoisotopic (exact) mass is 600 g/mol. The quantitative estimate of drug-likeness (QED) is 0.123. The summed E-state index contributed by atoms with van der Waals surface area (Å²) in [4.78, 5) is 22.2. The number of benzene rings is 4. The molecule has 0 aliphatic carbocycles. The van der Waals surface area contributed by atoms with Gasteiger partial charge >= 0.3 is 0 Å². The second-order valence-corrected chi connectivity index (χ2v) is 11.5. The Morgan fingerprint density at radius 3 is 1.28 bits per heavy atom. The first-order chi connectivity index (χ1) is 20.6. The standard InChI is InChI=1S/C32H28N2O8S/c1-41-27-17-11-25(12-18-27)31(21-15-23-7-3-5-9-29(23)33(35)36)43(39,40)32(26-13-19-28(42-2)20-14-26)22-16-24-8-4-6-10-30(24)34(37)38/h3-22,31-32H,1-2H3/b21-15+,22-16+. The van der Waals surface area contributed by atoms with Crippen molar-refractivity contribution in [1.29, 1.82) is 0 Å². The lowest BCUT2D eigenvalue weighted by Crippen LogP contribution is -2.19.